The number of carbonyl (C=O) groups is 1. The summed E-state index contributed by atoms with van der Waals surface area (Å²) in [6.07, 6.45) is 0. The van der Waals surface area contributed by atoms with E-state index in [9.17, 15) is 17.1 Å². The zero-order valence-corrected chi connectivity index (χ0v) is 19.9. The number of methoxy groups -OCH3 is 1. The molecule has 182 valence electrons. The van der Waals surface area contributed by atoms with Gasteiger partial charge in [0, 0.05) is 5.69 Å². The first-order chi connectivity index (χ1) is 15.8. The molecule has 1 aliphatic heterocycles. The van der Waals surface area contributed by atoms with Crippen LogP contribution in [0.2, 0.25) is 5.02 Å². The Balaban J connectivity index is 1.72. The molecule has 0 saturated carbocycles. The van der Waals surface area contributed by atoms with Crippen LogP contribution in [0.5, 0.6) is 11.5 Å². The first-order valence-electron chi connectivity index (χ1n) is 9.66. The molecule has 0 atom stereocenters. The maximum Gasteiger partial charge on any atom is 0.332 e. The summed E-state index contributed by atoms with van der Waals surface area (Å²) in [7, 11) is -3.65. The number of benzene rings is 2. The van der Waals surface area contributed by atoms with Crippen LogP contribution in [-0.2, 0) is 15.0 Å². The van der Waals surface area contributed by atoms with E-state index in [1.807, 2.05) is 0 Å². The number of amides is 1. The van der Waals surface area contributed by atoms with Gasteiger partial charge in [-0.05, 0) is 50.2 Å². The van der Waals surface area contributed by atoms with Crippen molar-refractivity contribution in [3.63, 3.8) is 0 Å². The highest BCUT2D eigenvalue weighted by atomic mass is 35.5. The number of carbonyl (C=O) groups excluding carboxylic acids is 1. The molecule has 14 heteroatoms. The van der Waals surface area contributed by atoms with Gasteiger partial charge in [0.05, 0.1) is 17.8 Å². The molecule has 0 fully saturated rings. The molecule has 0 spiro atoms. The molecule has 0 radical (unpaired) electrons. The molecule has 2 aromatic rings. The summed E-state index contributed by atoms with van der Waals surface area (Å²) in [5, 5.41) is 2.60. The molecule has 0 aliphatic carbocycles. The van der Waals surface area contributed by atoms with Crippen molar-refractivity contribution in [2.45, 2.75) is 24.4 Å². The van der Waals surface area contributed by atoms with Crippen molar-refractivity contribution in [3.05, 3.63) is 41.4 Å². The highest BCUT2D eigenvalue weighted by molar-refractivity contribution is 7.86. The summed E-state index contributed by atoms with van der Waals surface area (Å²) in [6.45, 7) is 3.11. The Morgan fingerprint density at radius 2 is 1.88 bits per heavy atom. The van der Waals surface area contributed by atoms with Gasteiger partial charge >= 0.3 is 10.2 Å². The molecule has 1 aliphatic rings. The van der Waals surface area contributed by atoms with Gasteiger partial charge in [-0.2, -0.15) is 13.4 Å². The van der Waals surface area contributed by atoms with E-state index in [2.05, 4.69) is 15.3 Å². The second-order valence-electron chi connectivity index (χ2n) is 7.52. The van der Waals surface area contributed by atoms with Crippen molar-refractivity contribution >= 4 is 51.0 Å². The van der Waals surface area contributed by atoms with Crippen molar-refractivity contribution in [3.8, 4) is 11.5 Å². The number of nitrogens with zero attached hydrogens (tertiary/aromatic N) is 3. The number of hydrogen-bond donors (Lipinski definition) is 3. The fourth-order valence-corrected chi connectivity index (χ4v) is 3.98. The van der Waals surface area contributed by atoms with Crippen LogP contribution in [0.3, 0.4) is 0 Å². The summed E-state index contributed by atoms with van der Waals surface area (Å²) < 4.78 is 46.1. The average molecular weight is 513 g/mol. The number of nitrogens with one attached hydrogen (secondary N) is 1. The van der Waals surface area contributed by atoms with Crippen LogP contribution in [0.1, 0.15) is 13.8 Å². The summed E-state index contributed by atoms with van der Waals surface area (Å²) in [5.74, 6) is -0.142. The van der Waals surface area contributed by atoms with Crippen LogP contribution in [0.25, 0.3) is 0 Å². The Morgan fingerprint density at radius 1 is 1.21 bits per heavy atom. The van der Waals surface area contributed by atoms with Crippen LogP contribution in [-0.4, -0.2) is 45.6 Å². The molecule has 2 aromatic carbocycles. The van der Waals surface area contributed by atoms with Gasteiger partial charge in [0.15, 0.2) is 6.61 Å². The fourth-order valence-electron chi connectivity index (χ4n) is 3.26. The van der Waals surface area contributed by atoms with Gasteiger partial charge in [0.25, 0.3) is 5.91 Å². The number of guanidine groups is 2. The number of anilines is 2. The number of halogens is 2. The first-order valence-corrected chi connectivity index (χ1v) is 11.4. The lowest BCUT2D eigenvalue weighted by Crippen LogP contribution is -2.54. The fraction of sp³-hybridized carbons (Fsp3) is 0.250. The maximum absolute atomic E-state index is 13.3. The molecule has 0 saturated heterocycles. The highest BCUT2D eigenvalue weighted by Gasteiger charge is 2.33. The normalized spacial score (nSPS) is 15.3. The number of aliphatic imine (C=N–C) groups is 2. The lowest BCUT2D eigenvalue weighted by atomic mass is 10.1. The average Bonchev–Trinajstić information content (AvgIpc) is 2.71. The van der Waals surface area contributed by atoms with Gasteiger partial charge in [-0.25, -0.2) is 4.99 Å². The van der Waals surface area contributed by atoms with Gasteiger partial charge in [0.1, 0.15) is 22.1 Å². The highest BCUT2D eigenvalue weighted by Crippen LogP contribution is 2.34. The number of ether oxygens (including phenoxy) is 2. The van der Waals surface area contributed by atoms with Crippen molar-refractivity contribution in [2.24, 2.45) is 21.5 Å². The number of rotatable bonds is 7. The third-order valence-corrected chi connectivity index (χ3v) is 5.76. The molecular weight excluding hydrogens is 491 g/mol. The quantitative estimate of drug-likeness (QED) is 0.475. The van der Waals surface area contributed by atoms with E-state index in [4.69, 9.17) is 32.5 Å². The molecule has 1 heterocycles. The second-order valence-corrected chi connectivity index (χ2v) is 9.28. The summed E-state index contributed by atoms with van der Waals surface area (Å²) in [5.41, 5.74) is 11.4. The predicted octanol–water partition coefficient (Wildman–Crippen LogP) is 2.21. The van der Waals surface area contributed by atoms with E-state index in [-0.39, 0.29) is 34.1 Å². The molecular formula is C20H22ClFN6O5S. The van der Waals surface area contributed by atoms with Crippen LogP contribution >= 0.6 is 11.6 Å². The number of nitrogens with two attached hydrogens (primary N) is 2. The Labute approximate surface area is 200 Å². The van der Waals surface area contributed by atoms with E-state index < -0.39 is 33.3 Å². The predicted molar refractivity (Wildman–Crippen MR) is 127 cm³/mol. The zero-order chi connectivity index (χ0) is 25.3. The largest absolute Gasteiger partial charge is 0.495 e. The van der Waals surface area contributed by atoms with Gasteiger partial charge in [-0.1, -0.05) is 11.6 Å². The van der Waals surface area contributed by atoms with Crippen molar-refractivity contribution in [2.75, 3.05) is 23.9 Å². The molecule has 0 aromatic heterocycles. The van der Waals surface area contributed by atoms with E-state index >= 15 is 0 Å². The standard InChI is InChI=1S/C20H22ClFN6O5S/c1-20(2)27-18(23)26-19(24)28(20)11-4-6-15(13(21)8-11)33-10-17(29)25-14-9-12(34(22,30)31)5-7-16(14)32-3/h4-9H,10H2,1-3H3,(H,25,29)(H4,23,24,26,27). The lowest BCUT2D eigenvalue weighted by molar-refractivity contribution is -0.118. The Kier molecular flexibility index (Phi) is 6.89. The molecule has 11 nitrogen and oxygen atoms in total. The van der Waals surface area contributed by atoms with Crippen LogP contribution < -0.4 is 31.2 Å². The monoisotopic (exact) mass is 512 g/mol. The minimum atomic E-state index is -4.97. The third-order valence-electron chi connectivity index (χ3n) is 4.65. The smallest absolute Gasteiger partial charge is 0.332 e. The van der Waals surface area contributed by atoms with Crippen molar-refractivity contribution in [1.29, 1.82) is 0 Å². The van der Waals surface area contributed by atoms with Crippen LogP contribution in [0, 0.1) is 0 Å². The van der Waals surface area contributed by atoms with Crippen LogP contribution in [0.4, 0.5) is 15.3 Å². The van der Waals surface area contributed by atoms with E-state index in [1.54, 1.807) is 30.9 Å². The van der Waals surface area contributed by atoms with E-state index in [1.165, 1.54) is 19.2 Å². The number of hydrogen-bond acceptors (Lipinski definition) is 10. The molecule has 5 N–H and O–H groups in total. The Hall–Kier alpha value is -3.58. The molecule has 1 amide bonds. The first kappa shape index (κ1) is 25.1. The van der Waals surface area contributed by atoms with Gasteiger partial charge in [0.2, 0.25) is 11.9 Å². The summed E-state index contributed by atoms with van der Waals surface area (Å²) >= 11 is 6.33. The summed E-state index contributed by atoms with van der Waals surface area (Å²) in [6, 6.07) is 7.92. The Morgan fingerprint density at radius 3 is 2.47 bits per heavy atom. The molecule has 0 bridgehead atoms. The van der Waals surface area contributed by atoms with Gasteiger partial charge < -0.3 is 26.3 Å². The molecule has 3 rings (SSSR count). The Bertz CT molecular complexity index is 1300. The molecule has 34 heavy (non-hydrogen) atoms. The van der Waals surface area contributed by atoms with Crippen molar-refractivity contribution in [1.82, 2.24) is 0 Å². The van der Waals surface area contributed by atoms with Gasteiger partial charge in [-0.15, -0.1) is 3.89 Å². The lowest BCUT2D eigenvalue weighted by Gasteiger charge is -2.38. The van der Waals surface area contributed by atoms with Crippen molar-refractivity contribution < 1.29 is 26.6 Å². The molecule has 0 unspecified atom stereocenters. The zero-order valence-electron chi connectivity index (χ0n) is 18.4. The SMILES string of the molecule is COc1ccc(S(=O)(=O)F)cc1NC(=O)COc1ccc(N2C(N)=NC(N)=NC2(C)C)cc1Cl. The van der Waals surface area contributed by atoms with E-state index in [0.717, 1.165) is 12.1 Å². The third kappa shape index (κ3) is 5.48. The minimum absolute atomic E-state index is 0.0433. The summed E-state index contributed by atoms with van der Waals surface area (Å²) in [4.78, 5) is 21.6. The maximum atomic E-state index is 13.3. The van der Waals surface area contributed by atoms with E-state index in [0.29, 0.717) is 5.69 Å². The topological polar surface area (TPSA) is 162 Å². The van der Waals surface area contributed by atoms with Crippen LogP contribution in [0.15, 0.2) is 51.3 Å². The van der Waals surface area contributed by atoms with Gasteiger partial charge in [-0.3, -0.25) is 9.69 Å². The minimum Gasteiger partial charge on any atom is -0.495 e. The second kappa shape index (κ2) is 9.35.